The summed E-state index contributed by atoms with van der Waals surface area (Å²) >= 11 is 0. The van der Waals surface area contributed by atoms with Gasteiger partial charge in [-0.05, 0) is 75.1 Å². The summed E-state index contributed by atoms with van der Waals surface area (Å²) in [5.41, 5.74) is 8.41. The highest BCUT2D eigenvalue weighted by Gasteiger charge is 2.52. The quantitative estimate of drug-likeness (QED) is 0.359. The monoisotopic (exact) mass is 617 g/mol. The summed E-state index contributed by atoms with van der Waals surface area (Å²) in [6.45, 7) is 6.56. The Kier molecular flexibility index (Phi) is 9.58. The van der Waals surface area contributed by atoms with E-state index in [0.29, 0.717) is 37.7 Å². The number of hydrogen-bond acceptors (Lipinski definition) is 8. The zero-order chi connectivity index (χ0) is 31.4. The number of para-hydroxylation sites is 1. The first-order valence-corrected chi connectivity index (χ1v) is 16.4. The molecule has 0 aromatic heterocycles. The molecule has 2 aromatic carbocycles. The molecule has 4 aliphatic rings. The topological polar surface area (TPSA) is 115 Å². The first-order valence-electron chi connectivity index (χ1n) is 16.4. The van der Waals surface area contributed by atoms with E-state index in [2.05, 4.69) is 33.1 Å². The van der Waals surface area contributed by atoms with Crippen LogP contribution in [0.4, 0.5) is 21.0 Å². The fraction of sp³-hybridized carbons (Fsp3) is 0.559. The molecule has 0 bridgehead atoms. The van der Waals surface area contributed by atoms with Crippen molar-refractivity contribution in [3.8, 4) is 0 Å². The van der Waals surface area contributed by atoms with Crippen molar-refractivity contribution in [2.75, 3.05) is 70.5 Å². The summed E-state index contributed by atoms with van der Waals surface area (Å²) in [4.78, 5) is 50.9. The van der Waals surface area contributed by atoms with E-state index in [-0.39, 0.29) is 25.1 Å². The van der Waals surface area contributed by atoms with E-state index < -0.39 is 11.8 Å². The maximum atomic E-state index is 13.9. The van der Waals surface area contributed by atoms with Crippen LogP contribution in [0.15, 0.2) is 48.5 Å². The highest BCUT2D eigenvalue weighted by molar-refractivity contribution is 5.91. The van der Waals surface area contributed by atoms with E-state index in [1.54, 1.807) is 17.0 Å². The van der Waals surface area contributed by atoms with Gasteiger partial charge in [-0.1, -0.05) is 30.3 Å². The van der Waals surface area contributed by atoms with Gasteiger partial charge in [-0.3, -0.25) is 14.7 Å². The molecule has 4 aliphatic heterocycles. The lowest BCUT2D eigenvalue weighted by Crippen LogP contribution is -2.71. The molecule has 3 N–H and O–H groups in total. The largest absolute Gasteiger partial charge is 0.445 e. The molecule has 2 atom stereocenters. The van der Waals surface area contributed by atoms with E-state index in [0.717, 1.165) is 81.6 Å². The average Bonchev–Trinajstić information content (AvgIpc) is 3.23. The molecule has 11 heteroatoms. The van der Waals surface area contributed by atoms with Crippen LogP contribution in [0.5, 0.6) is 0 Å². The number of likely N-dealkylation sites (tertiary alicyclic amines) is 2. The van der Waals surface area contributed by atoms with Crippen molar-refractivity contribution in [1.29, 1.82) is 0 Å². The van der Waals surface area contributed by atoms with Crippen molar-refractivity contribution in [1.82, 2.24) is 24.5 Å². The summed E-state index contributed by atoms with van der Waals surface area (Å²) in [5, 5.41) is 3.11. The molecule has 0 saturated carbocycles. The van der Waals surface area contributed by atoms with E-state index >= 15 is 0 Å². The van der Waals surface area contributed by atoms with Crippen LogP contribution < -0.4 is 11.1 Å². The van der Waals surface area contributed by atoms with Crippen molar-refractivity contribution in [3.63, 3.8) is 0 Å². The maximum absolute atomic E-state index is 13.9. The zero-order valence-corrected chi connectivity index (χ0v) is 26.4. The number of amides is 3. The first-order chi connectivity index (χ1) is 21.9. The Morgan fingerprint density at radius 3 is 2.40 bits per heavy atom. The van der Waals surface area contributed by atoms with Crippen LogP contribution in [0, 0.1) is 0 Å². The Bertz CT molecular complexity index is 1340. The van der Waals surface area contributed by atoms with Crippen molar-refractivity contribution in [3.05, 3.63) is 59.7 Å². The Balaban J connectivity index is 1.23. The molecular weight excluding hydrogens is 570 g/mol. The van der Waals surface area contributed by atoms with Gasteiger partial charge in [-0.25, -0.2) is 9.59 Å². The summed E-state index contributed by atoms with van der Waals surface area (Å²) < 4.78 is 5.89. The second-order valence-corrected chi connectivity index (χ2v) is 13.0. The summed E-state index contributed by atoms with van der Waals surface area (Å²) in [6, 6.07) is 15.5. The molecular formula is C34H47N7O4. The number of rotatable bonds is 7. The second kappa shape index (κ2) is 13.8. The van der Waals surface area contributed by atoms with Gasteiger partial charge in [-0.2, -0.15) is 0 Å². The summed E-state index contributed by atoms with van der Waals surface area (Å²) in [5.74, 6) is 0. The van der Waals surface area contributed by atoms with Gasteiger partial charge < -0.3 is 30.4 Å². The van der Waals surface area contributed by atoms with Crippen molar-refractivity contribution in [2.24, 2.45) is 0 Å². The number of nitrogens with zero attached hydrogens (tertiary/aromatic N) is 5. The first kappa shape index (κ1) is 31.3. The molecule has 6 rings (SSSR count). The number of anilines is 2. The van der Waals surface area contributed by atoms with E-state index in [1.807, 2.05) is 35.2 Å². The minimum absolute atomic E-state index is 0.118. The standard InChI is InChI=1S/C34H47N7O4/c1-37-15-11-29(12-16-37)38-19-21-39(22-20-38)34(14-23-42)24-30(40-17-10-27-4-2-3-5-31(27)36-32(40)43)13-18-41(34)33(44)45-25-26-6-8-28(35)9-7-26/h2-9,23,29-30H,10-22,24-25,35H2,1H3,(H,36,43)/t30-,34+/m1/s1. The molecule has 0 aliphatic carbocycles. The van der Waals surface area contributed by atoms with Crippen molar-refractivity contribution in [2.45, 2.75) is 62.9 Å². The third kappa shape index (κ3) is 6.80. The highest BCUT2D eigenvalue weighted by Crippen LogP contribution is 2.39. The number of ether oxygens (including phenoxy) is 1. The molecule has 4 heterocycles. The number of nitrogens with two attached hydrogens (primary N) is 1. The predicted octanol–water partition coefficient (Wildman–Crippen LogP) is 3.46. The maximum Gasteiger partial charge on any atom is 0.411 e. The SMILES string of the molecule is CN1CCC(N2CCN([C@]3(CC=O)C[C@H](N4CCc5ccccc5NC4=O)CCN3C(=O)OCc3ccc(N)cc3)CC2)CC1. The van der Waals surface area contributed by atoms with Gasteiger partial charge in [0.1, 0.15) is 18.6 Å². The summed E-state index contributed by atoms with van der Waals surface area (Å²) in [6.07, 6.45) is 4.82. The van der Waals surface area contributed by atoms with Gasteiger partial charge in [-0.15, -0.1) is 0 Å². The smallest absolute Gasteiger partial charge is 0.411 e. The number of piperazine rings is 1. The third-order valence-corrected chi connectivity index (χ3v) is 10.4. The Morgan fingerprint density at radius 1 is 0.956 bits per heavy atom. The molecule has 3 saturated heterocycles. The van der Waals surface area contributed by atoms with Gasteiger partial charge >= 0.3 is 12.1 Å². The van der Waals surface area contributed by atoms with Crippen LogP contribution in [0.25, 0.3) is 0 Å². The minimum atomic E-state index is -0.888. The lowest BCUT2D eigenvalue weighted by atomic mass is 9.85. The highest BCUT2D eigenvalue weighted by atomic mass is 16.6. The van der Waals surface area contributed by atoms with E-state index in [9.17, 15) is 14.4 Å². The lowest BCUT2D eigenvalue weighted by Gasteiger charge is -2.57. The molecule has 3 amide bonds. The number of fused-ring (bicyclic) bond motifs is 1. The van der Waals surface area contributed by atoms with Crippen molar-refractivity contribution >= 4 is 29.8 Å². The fourth-order valence-electron chi connectivity index (χ4n) is 7.80. The van der Waals surface area contributed by atoms with Gasteiger partial charge in [0, 0.05) is 75.6 Å². The number of carbonyl (C=O) groups excluding carboxylic acids is 3. The van der Waals surface area contributed by atoms with Crippen molar-refractivity contribution < 1.29 is 19.1 Å². The number of nitrogens with one attached hydrogen (secondary N) is 1. The molecule has 3 fully saturated rings. The predicted molar refractivity (Wildman–Crippen MR) is 174 cm³/mol. The normalized spacial score (nSPS) is 25.7. The molecule has 242 valence electrons. The Morgan fingerprint density at radius 2 is 1.67 bits per heavy atom. The number of piperidine rings is 2. The van der Waals surface area contributed by atoms with E-state index in [1.165, 1.54) is 0 Å². The lowest BCUT2D eigenvalue weighted by molar-refractivity contribution is -0.130. The number of urea groups is 1. The fourth-order valence-corrected chi connectivity index (χ4v) is 7.80. The van der Waals surface area contributed by atoms with Gasteiger partial charge in [0.25, 0.3) is 0 Å². The van der Waals surface area contributed by atoms with Crippen LogP contribution in [-0.2, 0) is 22.6 Å². The Hall–Kier alpha value is -3.67. The van der Waals surface area contributed by atoms with Gasteiger partial charge in [0.05, 0.1) is 0 Å². The zero-order valence-electron chi connectivity index (χ0n) is 26.4. The van der Waals surface area contributed by atoms with E-state index in [4.69, 9.17) is 10.5 Å². The molecule has 2 aromatic rings. The van der Waals surface area contributed by atoms with Gasteiger partial charge in [0.15, 0.2) is 0 Å². The molecule has 0 spiro atoms. The number of aldehydes is 1. The summed E-state index contributed by atoms with van der Waals surface area (Å²) in [7, 11) is 2.18. The number of nitrogen functional groups attached to an aromatic ring is 1. The minimum Gasteiger partial charge on any atom is -0.445 e. The van der Waals surface area contributed by atoms with Crippen LogP contribution in [-0.4, -0.2) is 120 Å². The number of carbonyl (C=O) groups is 3. The second-order valence-electron chi connectivity index (χ2n) is 13.0. The average molecular weight is 618 g/mol. The van der Waals surface area contributed by atoms with Crippen LogP contribution >= 0.6 is 0 Å². The third-order valence-electron chi connectivity index (χ3n) is 10.4. The molecule has 11 nitrogen and oxygen atoms in total. The molecule has 0 unspecified atom stereocenters. The Labute approximate surface area is 266 Å². The van der Waals surface area contributed by atoms with Crippen LogP contribution in [0.1, 0.15) is 43.2 Å². The molecule has 45 heavy (non-hydrogen) atoms. The van der Waals surface area contributed by atoms with Crippen LogP contribution in [0.3, 0.4) is 0 Å². The van der Waals surface area contributed by atoms with Gasteiger partial charge in [0.2, 0.25) is 0 Å². The number of hydrogen-bond donors (Lipinski definition) is 2. The van der Waals surface area contributed by atoms with Crippen LogP contribution in [0.2, 0.25) is 0 Å². The number of benzene rings is 2. The molecule has 0 radical (unpaired) electrons.